The van der Waals surface area contributed by atoms with E-state index in [9.17, 15) is 22.4 Å². The van der Waals surface area contributed by atoms with Crippen molar-refractivity contribution in [1.29, 1.82) is 0 Å². The average molecular weight is 464 g/mol. The van der Waals surface area contributed by atoms with E-state index in [1.807, 2.05) is 19.1 Å². The van der Waals surface area contributed by atoms with E-state index in [2.05, 4.69) is 5.32 Å². The lowest BCUT2D eigenvalue weighted by Gasteiger charge is -2.31. The molecule has 32 heavy (non-hydrogen) atoms. The molecular weight excluding hydrogens is 433 g/mol. The number of halogens is 1. The number of carbonyl (C=O) groups excluding carboxylic acids is 2. The second-order valence-corrected chi connectivity index (χ2v) is 9.42. The van der Waals surface area contributed by atoms with E-state index in [0.29, 0.717) is 17.8 Å². The Morgan fingerprint density at radius 3 is 2.06 bits per heavy atom. The van der Waals surface area contributed by atoms with Crippen molar-refractivity contribution in [3.8, 4) is 0 Å². The van der Waals surface area contributed by atoms with Crippen LogP contribution in [0.1, 0.15) is 31.9 Å². The van der Waals surface area contributed by atoms with Crippen molar-refractivity contribution in [3.63, 3.8) is 0 Å². The molecule has 0 fully saturated rings. The zero-order chi connectivity index (χ0) is 23.9. The van der Waals surface area contributed by atoms with E-state index >= 15 is 0 Å². The number of rotatable bonds is 10. The first-order valence-corrected chi connectivity index (χ1v) is 12.3. The van der Waals surface area contributed by atoms with Gasteiger partial charge in [-0.2, -0.15) is 0 Å². The highest BCUT2D eigenvalue weighted by atomic mass is 32.2. The molecule has 2 rings (SSSR count). The third-order valence-corrected chi connectivity index (χ3v) is 6.24. The average Bonchev–Trinajstić information content (AvgIpc) is 2.76. The van der Waals surface area contributed by atoms with Crippen LogP contribution in [0.25, 0.3) is 0 Å². The molecule has 1 N–H and O–H groups in total. The molecule has 0 saturated carbocycles. The van der Waals surface area contributed by atoms with Gasteiger partial charge in [0.15, 0.2) is 0 Å². The van der Waals surface area contributed by atoms with Gasteiger partial charge in [-0.05, 0) is 55.7 Å². The number of sulfonamides is 1. The van der Waals surface area contributed by atoms with Crippen molar-refractivity contribution < 1.29 is 22.4 Å². The summed E-state index contributed by atoms with van der Waals surface area (Å²) < 4.78 is 39.3. The van der Waals surface area contributed by atoms with Gasteiger partial charge in [-0.1, -0.05) is 31.2 Å². The maximum atomic E-state index is 13.3. The van der Waals surface area contributed by atoms with Gasteiger partial charge in [0.1, 0.15) is 18.4 Å². The molecule has 0 aliphatic heterocycles. The highest BCUT2D eigenvalue weighted by Crippen LogP contribution is 2.20. The molecule has 1 atom stereocenters. The molecule has 2 aromatic carbocycles. The monoisotopic (exact) mass is 463 g/mol. The fourth-order valence-corrected chi connectivity index (χ4v) is 4.05. The lowest BCUT2D eigenvalue weighted by Crippen LogP contribution is -2.51. The van der Waals surface area contributed by atoms with E-state index in [-0.39, 0.29) is 12.5 Å². The van der Waals surface area contributed by atoms with Crippen molar-refractivity contribution in [3.05, 3.63) is 65.5 Å². The van der Waals surface area contributed by atoms with Crippen LogP contribution in [0.15, 0.2) is 48.5 Å². The summed E-state index contributed by atoms with van der Waals surface area (Å²) in [6.45, 7) is 5.29. The molecule has 0 aromatic heterocycles. The van der Waals surface area contributed by atoms with Crippen molar-refractivity contribution in [2.45, 2.75) is 39.8 Å². The van der Waals surface area contributed by atoms with Crippen LogP contribution in [0.3, 0.4) is 0 Å². The smallest absolute Gasteiger partial charge is 0.244 e. The van der Waals surface area contributed by atoms with Crippen molar-refractivity contribution in [1.82, 2.24) is 10.2 Å². The Morgan fingerprint density at radius 1 is 1.00 bits per heavy atom. The minimum Gasteiger partial charge on any atom is -0.355 e. The molecule has 7 nitrogen and oxygen atoms in total. The molecule has 0 radical (unpaired) electrons. The van der Waals surface area contributed by atoms with Crippen LogP contribution in [0.4, 0.5) is 10.1 Å². The number of nitrogens with zero attached hydrogens (tertiary/aromatic N) is 2. The maximum Gasteiger partial charge on any atom is 0.244 e. The summed E-state index contributed by atoms with van der Waals surface area (Å²) in [5.74, 6) is -1.32. The molecule has 0 heterocycles. The highest BCUT2D eigenvalue weighted by molar-refractivity contribution is 7.92. The van der Waals surface area contributed by atoms with E-state index in [1.165, 1.54) is 29.2 Å². The standard InChI is InChI=1S/C23H30FN3O4S/c1-5-18-9-13-21(14-10-18)27(32(4,30)31)16-22(28)26(17(3)23(29)25-6-2)15-19-7-11-20(24)12-8-19/h7-14,17H,5-6,15-16H2,1-4H3,(H,25,29)/t17-/m1/s1. The SMILES string of the molecule is CCNC(=O)[C@@H](C)N(Cc1ccc(F)cc1)C(=O)CN(c1ccc(CC)cc1)S(C)(=O)=O. The summed E-state index contributed by atoms with van der Waals surface area (Å²) in [5, 5.41) is 2.68. The van der Waals surface area contributed by atoms with Crippen LogP contribution >= 0.6 is 0 Å². The predicted molar refractivity (Wildman–Crippen MR) is 123 cm³/mol. The first kappa shape index (κ1) is 25.3. The van der Waals surface area contributed by atoms with E-state index < -0.39 is 34.3 Å². The second kappa shape index (κ2) is 11.1. The maximum absolute atomic E-state index is 13.3. The Bertz CT molecular complexity index is 1020. The molecule has 0 unspecified atom stereocenters. The topological polar surface area (TPSA) is 86.8 Å². The number of aryl methyl sites for hydroxylation is 1. The number of hydrogen-bond acceptors (Lipinski definition) is 4. The molecule has 9 heteroatoms. The number of likely N-dealkylation sites (N-methyl/N-ethyl adjacent to an activating group) is 1. The largest absolute Gasteiger partial charge is 0.355 e. The zero-order valence-corrected chi connectivity index (χ0v) is 19.7. The normalized spacial score (nSPS) is 12.2. The number of benzene rings is 2. The van der Waals surface area contributed by atoms with Gasteiger partial charge in [0, 0.05) is 13.1 Å². The van der Waals surface area contributed by atoms with Crippen LogP contribution in [0.5, 0.6) is 0 Å². The minimum atomic E-state index is -3.77. The lowest BCUT2D eigenvalue weighted by molar-refractivity contribution is -0.139. The fraction of sp³-hybridized carbons (Fsp3) is 0.391. The summed E-state index contributed by atoms with van der Waals surface area (Å²) in [7, 11) is -3.77. The number of nitrogens with one attached hydrogen (secondary N) is 1. The number of hydrogen-bond donors (Lipinski definition) is 1. The fourth-order valence-electron chi connectivity index (χ4n) is 3.20. The Balaban J connectivity index is 2.35. The molecule has 174 valence electrons. The molecule has 2 aromatic rings. The van der Waals surface area contributed by atoms with E-state index in [0.717, 1.165) is 22.5 Å². The summed E-state index contributed by atoms with van der Waals surface area (Å²) in [5.41, 5.74) is 2.02. The van der Waals surface area contributed by atoms with Gasteiger partial charge in [0.2, 0.25) is 21.8 Å². The van der Waals surface area contributed by atoms with Gasteiger partial charge in [0.05, 0.1) is 11.9 Å². The zero-order valence-electron chi connectivity index (χ0n) is 18.8. The Morgan fingerprint density at radius 2 is 1.56 bits per heavy atom. The number of amides is 2. The van der Waals surface area contributed by atoms with Gasteiger partial charge in [-0.15, -0.1) is 0 Å². The minimum absolute atomic E-state index is 0.0315. The lowest BCUT2D eigenvalue weighted by atomic mass is 10.1. The van der Waals surface area contributed by atoms with Gasteiger partial charge in [-0.25, -0.2) is 12.8 Å². The Hall–Kier alpha value is -2.94. The molecule has 0 bridgehead atoms. The highest BCUT2D eigenvalue weighted by Gasteiger charge is 2.29. The van der Waals surface area contributed by atoms with Crippen molar-refractivity contribution >= 4 is 27.5 Å². The van der Waals surface area contributed by atoms with E-state index in [1.54, 1.807) is 26.0 Å². The molecule has 0 saturated heterocycles. The quantitative estimate of drug-likeness (QED) is 0.587. The van der Waals surface area contributed by atoms with Crippen molar-refractivity contribution in [2.75, 3.05) is 23.7 Å². The first-order valence-electron chi connectivity index (χ1n) is 10.4. The number of anilines is 1. The Labute approximate surface area is 189 Å². The van der Waals surface area contributed by atoms with Crippen LogP contribution in [-0.2, 0) is 32.6 Å². The number of carbonyl (C=O) groups is 2. The van der Waals surface area contributed by atoms with E-state index in [4.69, 9.17) is 0 Å². The Kier molecular flexibility index (Phi) is 8.77. The van der Waals surface area contributed by atoms with Gasteiger partial charge in [0.25, 0.3) is 0 Å². The third-order valence-electron chi connectivity index (χ3n) is 5.10. The molecule has 0 spiro atoms. The summed E-state index contributed by atoms with van der Waals surface area (Å²) in [4.78, 5) is 27.0. The van der Waals surface area contributed by atoms with Gasteiger partial charge >= 0.3 is 0 Å². The van der Waals surface area contributed by atoms with Gasteiger partial charge in [-0.3, -0.25) is 13.9 Å². The van der Waals surface area contributed by atoms with Crippen LogP contribution in [0, 0.1) is 5.82 Å². The summed E-state index contributed by atoms with van der Waals surface area (Å²) in [6, 6.07) is 11.7. The summed E-state index contributed by atoms with van der Waals surface area (Å²) in [6.07, 6.45) is 1.83. The van der Waals surface area contributed by atoms with Gasteiger partial charge < -0.3 is 10.2 Å². The third kappa shape index (κ3) is 6.78. The predicted octanol–water partition coefficient (Wildman–Crippen LogP) is 2.71. The van der Waals surface area contributed by atoms with Crippen LogP contribution in [0.2, 0.25) is 0 Å². The molecular formula is C23H30FN3O4S. The molecule has 0 aliphatic carbocycles. The summed E-state index contributed by atoms with van der Waals surface area (Å²) >= 11 is 0. The van der Waals surface area contributed by atoms with Crippen molar-refractivity contribution in [2.24, 2.45) is 0 Å². The second-order valence-electron chi connectivity index (χ2n) is 7.51. The molecule has 0 aliphatic rings. The van der Waals surface area contributed by atoms with Crippen LogP contribution < -0.4 is 9.62 Å². The van der Waals surface area contributed by atoms with Crippen LogP contribution in [-0.4, -0.2) is 50.5 Å². The molecule has 2 amide bonds. The first-order chi connectivity index (χ1) is 15.1.